The third-order valence-corrected chi connectivity index (χ3v) is 4.83. The lowest BCUT2D eigenvalue weighted by atomic mass is 10.2. The van der Waals surface area contributed by atoms with Crippen molar-refractivity contribution in [2.75, 3.05) is 55.0 Å². The zero-order valence-electron chi connectivity index (χ0n) is 16.3. The highest BCUT2D eigenvalue weighted by molar-refractivity contribution is 5.70. The fraction of sp³-hybridized carbons (Fsp3) is 0.474. The molecule has 0 bridgehead atoms. The molecule has 0 aliphatic carbocycles. The van der Waals surface area contributed by atoms with E-state index in [2.05, 4.69) is 27.1 Å². The fourth-order valence-electron chi connectivity index (χ4n) is 3.25. The molecule has 1 N–H and O–H groups in total. The topological polar surface area (TPSA) is 96.7 Å². The fourth-order valence-corrected chi connectivity index (χ4v) is 3.25. The Morgan fingerprint density at radius 2 is 1.82 bits per heavy atom. The Balaban J connectivity index is 1.72. The average Bonchev–Trinajstić information content (AvgIpc) is 2.74. The van der Waals surface area contributed by atoms with E-state index in [4.69, 9.17) is 4.74 Å². The summed E-state index contributed by atoms with van der Waals surface area (Å²) in [7, 11) is 1.65. The van der Waals surface area contributed by atoms with Gasteiger partial charge < -0.3 is 19.9 Å². The molecule has 0 atom stereocenters. The molecule has 28 heavy (non-hydrogen) atoms. The predicted molar refractivity (Wildman–Crippen MR) is 110 cm³/mol. The molecule has 0 spiro atoms. The second-order valence-electron chi connectivity index (χ2n) is 6.60. The predicted octanol–water partition coefficient (Wildman–Crippen LogP) is 2.93. The molecule has 0 amide bonds. The number of methoxy groups -OCH3 is 1. The molecular weight excluding hydrogens is 360 g/mol. The van der Waals surface area contributed by atoms with Crippen LogP contribution in [0.4, 0.5) is 23.0 Å². The van der Waals surface area contributed by atoms with Crippen LogP contribution in [0.3, 0.4) is 0 Å². The molecule has 2 aromatic rings. The lowest BCUT2D eigenvalue weighted by Gasteiger charge is -2.36. The van der Waals surface area contributed by atoms with E-state index in [1.165, 1.54) is 6.33 Å². The van der Waals surface area contributed by atoms with Crippen LogP contribution in [-0.2, 0) is 0 Å². The van der Waals surface area contributed by atoms with Gasteiger partial charge in [-0.05, 0) is 30.7 Å². The molecule has 0 radical (unpaired) electrons. The zero-order chi connectivity index (χ0) is 19.9. The van der Waals surface area contributed by atoms with Crippen molar-refractivity contribution in [1.82, 2.24) is 9.97 Å². The summed E-state index contributed by atoms with van der Waals surface area (Å²) in [4.78, 5) is 23.9. The number of anilines is 3. The Morgan fingerprint density at radius 1 is 1.14 bits per heavy atom. The van der Waals surface area contributed by atoms with Gasteiger partial charge in [-0.3, -0.25) is 10.1 Å². The van der Waals surface area contributed by atoms with Crippen LogP contribution in [0.1, 0.15) is 19.8 Å². The maximum Gasteiger partial charge on any atom is 0.353 e. The summed E-state index contributed by atoms with van der Waals surface area (Å²) in [5.41, 5.74) is 1.07. The van der Waals surface area contributed by atoms with E-state index >= 15 is 0 Å². The van der Waals surface area contributed by atoms with Crippen LogP contribution < -0.4 is 19.9 Å². The Labute approximate surface area is 164 Å². The van der Waals surface area contributed by atoms with Crippen LogP contribution in [0.25, 0.3) is 0 Å². The molecule has 1 aliphatic heterocycles. The van der Waals surface area contributed by atoms with Crippen molar-refractivity contribution in [2.24, 2.45) is 0 Å². The molecule has 9 heteroatoms. The van der Waals surface area contributed by atoms with E-state index in [9.17, 15) is 10.1 Å². The lowest BCUT2D eigenvalue weighted by molar-refractivity contribution is -0.383. The van der Waals surface area contributed by atoms with Gasteiger partial charge in [-0.25, -0.2) is 9.97 Å². The third kappa shape index (κ3) is 4.41. The van der Waals surface area contributed by atoms with Gasteiger partial charge in [0.25, 0.3) is 0 Å². The van der Waals surface area contributed by atoms with Gasteiger partial charge in [-0.1, -0.05) is 13.3 Å². The van der Waals surface area contributed by atoms with Crippen LogP contribution in [-0.4, -0.2) is 54.7 Å². The molecule has 1 aromatic carbocycles. The molecule has 1 fully saturated rings. The number of hydrogen-bond acceptors (Lipinski definition) is 8. The van der Waals surface area contributed by atoms with Gasteiger partial charge in [0.1, 0.15) is 12.1 Å². The molecule has 150 valence electrons. The summed E-state index contributed by atoms with van der Waals surface area (Å²) in [5.74, 6) is 1.50. The number of benzene rings is 1. The van der Waals surface area contributed by atoms with Crippen LogP contribution in [0, 0.1) is 10.1 Å². The standard InChI is InChI=1S/C19H26N6O3/c1-3-4-9-20-18-17(25(26)27)19(22-14-21-18)24-12-10-23(11-13-24)15-5-7-16(28-2)8-6-15/h5-8,14H,3-4,9-13H2,1-2H3,(H,20,21,22). The molecular formula is C19H26N6O3. The van der Waals surface area contributed by atoms with Crippen LogP contribution in [0.5, 0.6) is 5.75 Å². The van der Waals surface area contributed by atoms with Gasteiger partial charge in [0.15, 0.2) is 0 Å². The maximum absolute atomic E-state index is 11.7. The van der Waals surface area contributed by atoms with Crippen molar-refractivity contribution < 1.29 is 9.66 Å². The summed E-state index contributed by atoms with van der Waals surface area (Å²) in [5, 5.41) is 14.8. The van der Waals surface area contributed by atoms with Gasteiger partial charge in [0.05, 0.1) is 12.0 Å². The average molecular weight is 386 g/mol. The van der Waals surface area contributed by atoms with Crippen molar-refractivity contribution in [3.05, 3.63) is 40.7 Å². The number of nitrogens with zero attached hydrogens (tertiary/aromatic N) is 5. The first-order chi connectivity index (χ1) is 13.6. The molecule has 1 aliphatic rings. The van der Waals surface area contributed by atoms with Gasteiger partial charge in [0, 0.05) is 38.4 Å². The Hall–Kier alpha value is -3.10. The summed E-state index contributed by atoms with van der Waals surface area (Å²) < 4.78 is 5.20. The summed E-state index contributed by atoms with van der Waals surface area (Å²) in [6, 6.07) is 7.92. The first-order valence-electron chi connectivity index (χ1n) is 9.51. The third-order valence-electron chi connectivity index (χ3n) is 4.83. The Bertz CT molecular complexity index is 791. The highest BCUT2D eigenvalue weighted by Crippen LogP contribution is 2.32. The SMILES string of the molecule is CCCCNc1ncnc(N2CCN(c3ccc(OC)cc3)CC2)c1[N+](=O)[O-]. The number of unbranched alkanes of at least 4 members (excludes halogenated alkanes) is 1. The number of rotatable bonds is 8. The van der Waals surface area contributed by atoms with Crippen molar-refractivity contribution in [1.29, 1.82) is 0 Å². The van der Waals surface area contributed by atoms with Crippen LogP contribution in [0.15, 0.2) is 30.6 Å². The molecule has 3 rings (SSSR count). The Morgan fingerprint density at radius 3 is 2.43 bits per heavy atom. The molecule has 1 aromatic heterocycles. The second-order valence-corrected chi connectivity index (χ2v) is 6.60. The van der Waals surface area contributed by atoms with Crippen molar-refractivity contribution in [3.63, 3.8) is 0 Å². The number of hydrogen-bond donors (Lipinski definition) is 1. The largest absolute Gasteiger partial charge is 0.497 e. The Kier molecular flexibility index (Phi) is 6.46. The summed E-state index contributed by atoms with van der Waals surface area (Å²) in [6.45, 7) is 5.54. The highest BCUT2D eigenvalue weighted by Gasteiger charge is 2.29. The summed E-state index contributed by atoms with van der Waals surface area (Å²) in [6.07, 6.45) is 3.33. The smallest absolute Gasteiger partial charge is 0.353 e. The molecule has 9 nitrogen and oxygen atoms in total. The van der Waals surface area contributed by atoms with Crippen molar-refractivity contribution in [3.8, 4) is 5.75 Å². The van der Waals surface area contributed by atoms with Gasteiger partial charge in [-0.15, -0.1) is 0 Å². The van der Waals surface area contributed by atoms with E-state index in [1.807, 2.05) is 29.2 Å². The number of ether oxygens (including phenoxy) is 1. The highest BCUT2D eigenvalue weighted by atomic mass is 16.6. The minimum Gasteiger partial charge on any atom is -0.497 e. The number of piperazine rings is 1. The van der Waals surface area contributed by atoms with Crippen LogP contribution in [0.2, 0.25) is 0 Å². The minimum absolute atomic E-state index is 0.0449. The van der Waals surface area contributed by atoms with Gasteiger partial charge in [0.2, 0.25) is 11.6 Å². The molecule has 1 saturated heterocycles. The summed E-state index contributed by atoms with van der Waals surface area (Å²) >= 11 is 0. The van der Waals surface area contributed by atoms with Gasteiger partial charge >= 0.3 is 5.69 Å². The van der Waals surface area contributed by atoms with E-state index in [-0.39, 0.29) is 10.6 Å². The van der Waals surface area contributed by atoms with Gasteiger partial charge in [-0.2, -0.15) is 0 Å². The van der Waals surface area contributed by atoms with Crippen LogP contribution >= 0.6 is 0 Å². The molecule has 0 saturated carbocycles. The van der Waals surface area contributed by atoms with E-state index in [0.29, 0.717) is 31.3 Å². The maximum atomic E-state index is 11.7. The first kappa shape index (κ1) is 19.7. The van der Waals surface area contributed by atoms with Crippen molar-refractivity contribution >= 4 is 23.0 Å². The monoisotopic (exact) mass is 386 g/mol. The molecule has 0 unspecified atom stereocenters. The zero-order valence-corrected chi connectivity index (χ0v) is 16.3. The van der Waals surface area contributed by atoms with E-state index < -0.39 is 0 Å². The number of aromatic nitrogens is 2. The minimum atomic E-state index is -0.389. The number of nitro groups is 1. The number of nitrogens with one attached hydrogen (secondary N) is 1. The van der Waals surface area contributed by atoms with E-state index in [0.717, 1.165) is 37.4 Å². The quantitative estimate of drug-likeness (QED) is 0.420. The normalized spacial score (nSPS) is 14.1. The lowest BCUT2D eigenvalue weighted by Crippen LogP contribution is -2.47. The van der Waals surface area contributed by atoms with E-state index in [1.54, 1.807) is 7.11 Å². The molecule has 2 heterocycles. The first-order valence-corrected chi connectivity index (χ1v) is 9.51. The second kappa shape index (κ2) is 9.20. The van der Waals surface area contributed by atoms with Crippen molar-refractivity contribution in [2.45, 2.75) is 19.8 Å².